The summed E-state index contributed by atoms with van der Waals surface area (Å²) in [4.78, 5) is 12.9. The van der Waals surface area contributed by atoms with E-state index < -0.39 is 10.0 Å². The van der Waals surface area contributed by atoms with Gasteiger partial charge in [-0.05, 0) is 43.4 Å². The van der Waals surface area contributed by atoms with Crippen LogP contribution in [0, 0.1) is 11.8 Å². The highest BCUT2D eigenvalue weighted by Gasteiger charge is 2.44. The second-order valence-corrected chi connectivity index (χ2v) is 9.52. The lowest BCUT2D eigenvalue weighted by atomic mass is 9.72. The molecule has 5 rings (SSSR count). The van der Waals surface area contributed by atoms with E-state index in [9.17, 15) is 13.2 Å². The second-order valence-electron chi connectivity index (χ2n) is 7.74. The summed E-state index contributed by atoms with van der Waals surface area (Å²) < 4.78 is 28.7. The van der Waals surface area contributed by atoms with Gasteiger partial charge in [-0.1, -0.05) is 43.3 Å². The first kappa shape index (κ1) is 17.5. The highest BCUT2D eigenvalue weighted by molar-refractivity contribution is 7.90. The Labute approximate surface area is 164 Å². The van der Waals surface area contributed by atoms with Crippen molar-refractivity contribution in [2.45, 2.75) is 37.1 Å². The molecular weight excluding hydrogens is 372 g/mol. The van der Waals surface area contributed by atoms with Gasteiger partial charge >= 0.3 is 0 Å². The summed E-state index contributed by atoms with van der Waals surface area (Å²) in [5.41, 5.74) is 2.48. The van der Waals surface area contributed by atoms with Crippen molar-refractivity contribution < 1.29 is 13.2 Å². The molecule has 144 valence electrons. The van der Waals surface area contributed by atoms with Crippen LogP contribution in [0.4, 0.5) is 0 Å². The minimum atomic E-state index is -3.73. The average Bonchev–Trinajstić information content (AvgIpc) is 3.04. The lowest BCUT2D eigenvalue weighted by Gasteiger charge is -2.40. The van der Waals surface area contributed by atoms with Gasteiger partial charge in [0.05, 0.1) is 16.5 Å². The Bertz CT molecular complexity index is 1180. The number of hydrogen-bond donors (Lipinski definition) is 1. The number of nitrogens with zero attached hydrogens (tertiary/aromatic N) is 1. The maximum absolute atomic E-state index is 13.6. The van der Waals surface area contributed by atoms with Crippen LogP contribution in [0.5, 0.6) is 0 Å². The Hall–Kier alpha value is -2.60. The fraction of sp³-hybridized carbons (Fsp3) is 0.318. The molecule has 6 heteroatoms. The van der Waals surface area contributed by atoms with Crippen LogP contribution in [-0.4, -0.2) is 18.3 Å². The van der Waals surface area contributed by atoms with Crippen LogP contribution in [-0.2, 0) is 21.2 Å². The number of aromatic nitrogens is 1. The van der Waals surface area contributed by atoms with E-state index in [1.165, 1.54) is 3.97 Å². The number of carbonyl (C=O) groups is 1. The number of carbonyl (C=O) groups excluding carboxylic acids is 1. The maximum Gasteiger partial charge on any atom is 0.268 e. The summed E-state index contributed by atoms with van der Waals surface area (Å²) in [6.07, 6.45) is 2.25. The SMILES string of the molecule is CCC1C(=O)NC2CC1Cc1c2c2ccccc2n1S(=O)(=O)c1ccccc1. The monoisotopic (exact) mass is 394 g/mol. The molecule has 3 aromatic rings. The Morgan fingerprint density at radius 2 is 1.79 bits per heavy atom. The predicted octanol–water partition coefficient (Wildman–Crippen LogP) is 3.64. The largest absolute Gasteiger partial charge is 0.349 e. The third kappa shape index (κ3) is 2.37. The normalized spacial score (nSPS) is 24.0. The first-order valence-electron chi connectivity index (χ1n) is 9.75. The van der Waals surface area contributed by atoms with E-state index in [4.69, 9.17) is 0 Å². The van der Waals surface area contributed by atoms with Crippen LogP contribution in [0.25, 0.3) is 10.9 Å². The van der Waals surface area contributed by atoms with Gasteiger partial charge in [-0.15, -0.1) is 0 Å². The van der Waals surface area contributed by atoms with Gasteiger partial charge in [-0.25, -0.2) is 12.4 Å². The lowest BCUT2D eigenvalue weighted by molar-refractivity contribution is -0.130. The standard InChI is InChI=1S/C22H22N2O3S/c1-2-16-14-12-18(23-22(16)25)21-17-10-6-7-11-19(17)24(20(21)13-14)28(26,27)15-8-4-3-5-9-15/h3-11,14,16,18H,2,12-13H2,1H3,(H,23,25). The molecule has 3 atom stereocenters. The van der Waals surface area contributed by atoms with Gasteiger partial charge < -0.3 is 5.32 Å². The molecule has 2 aromatic carbocycles. The summed E-state index contributed by atoms with van der Waals surface area (Å²) in [6, 6.07) is 16.1. The van der Waals surface area contributed by atoms with E-state index in [1.54, 1.807) is 24.3 Å². The summed E-state index contributed by atoms with van der Waals surface area (Å²) >= 11 is 0. The van der Waals surface area contributed by atoms with Gasteiger partial charge in [-0.2, -0.15) is 0 Å². The number of para-hydroxylation sites is 1. The number of hydrogen-bond acceptors (Lipinski definition) is 3. The highest BCUT2D eigenvalue weighted by Crippen LogP contribution is 2.46. The smallest absolute Gasteiger partial charge is 0.268 e. The highest BCUT2D eigenvalue weighted by atomic mass is 32.2. The molecule has 1 saturated heterocycles. The predicted molar refractivity (Wildman–Crippen MR) is 107 cm³/mol. The molecule has 1 fully saturated rings. The summed E-state index contributed by atoms with van der Waals surface area (Å²) in [7, 11) is -3.73. The topological polar surface area (TPSA) is 68.2 Å². The average molecular weight is 394 g/mol. The maximum atomic E-state index is 13.6. The van der Waals surface area contributed by atoms with Crippen LogP contribution >= 0.6 is 0 Å². The van der Waals surface area contributed by atoms with Crippen LogP contribution in [0.3, 0.4) is 0 Å². The fourth-order valence-corrected chi connectivity index (χ4v) is 6.64. The number of piperidine rings is 1. The Morgan fingerprint density at radius 3 is 2.54 bits per heavy atom. The molecule has 28 heavy (non-hydrogen) atoms. The Balaban J connectivity index is 1.80. The molecular formula is C22H22N2O3S. The first-order chi connectivity index (χ1) is 13.5. The molecule has 0 radical (unpaired) electrons. The van der Waals surface area contributed by atoms with E-state index in [2.05, 4.69) is 5.32 Å². The lowest BCUT2D eigenvalue weighted by Crippen LogP contribution is -2.47. The minimum absolute atomic E-state index is 0.0599. The fourth-order valence-electron chi connectivity index (χ4n) is 5.04. The van der Waals surface area contributed by atoms with E-state index >= 15 is 0 Å². The van der Waals surface area contributed by atoms with Crippen molar-refractivity contribution in [2.75, 3.05) is 0 Å². The summed E-state index contributed by atoms with van der Waals surface area (Å²) in [6.45, 7) is 2.02. The molecule has 0 spiro atoms. The van der Waals surface area contributed by atoms with Gasteiger partial charge in [-0.3, -0.25) is 4.79 Å². The Kier molecular flexibility index (Phi) is 3.88. The molecule has 1 N–H and O–H groups in total. The zero-order valence-electron chi connectivity index (χ0n) is 15.6. The third-order valence-corrected chi connectivity index (χ3v) is 8.02. The summed E-state index contributed by atoms with van der Waals surface area (Å²) in [5, 5.41) is 4.07. The first-order valence-corrected chi connectivity index (χ1v) is 11.2. The second kappa shape index (κ2) is 6.21. The summed E-state index contributed by atoms with van der Waals surface area (Å²) in [5.74, 6) is 0.206. The number of nitrogens with one attached hydrogen (secondary N) is 1. The Morgan fingerprint density at radius 1 is 1.07 bits per heavy atom. The zero-order chi connectivity index (χ0) is 19.5. The van der Waals surface area contributed by atoms with Gasteiger partial charge in [0.1, 0.15) is 0 Å². The molecule has 2 heterocycles. The van der Waals surface area contributed by atoms with Crippen molar-refractivity contribution in [3.63, 3.8) is 0 Å². The molecule has 5 nitrogen and oxygen atoms in total. The van der Waals surface area contributed by atoms with Crippen molar-refractivity contribution in [1.29, 1.82) is 0 Å². The van der Waals surface area contributed by atoms with Crippen LogP contribution < -0.4 is 5.32 Å². The quantitative estimate of drug-likeness (QED) is 0.737. The molecule has 1 amide bonds. The molecule has 2 bridgehead atoms. The number of fused-ring (bicyclic) bond motifs is 6. The van der Waals surface area contributed by atoms with Crippen molar-refractivity contribution in [1.82, 2.24) is 9.29 Å². The number of benzene rings is 2. The van der Waals surface area contributed by atoms with E-state index in [-0.39, 0.29) is 28.7 Å². The van der Waals surface area contributed by atoms with Crippen LogP contribution in [0.2, 0.25) is 0 Å². The number of amides is 1. The number of rotatable bonds is 3. The molecule has 1 aromatic heterocycles. The van der Waals surface area contributed by atoms with Gasteiger partial charge in [0.25, 0.3) is 10.0 Å². The molecule has 2 aliphatic rings. The van der Waals surface area contributed by atoms with Crippen molar-refractivity contribution in [3.05, 3.63) is 65.9 Å². The van der Waals surface area contributed by atoms with Crippen molar-refractivity contribution >= 4 is 26.8 Å². The minimum Gasteiger partial charge on any atom is -0.349 e. The molecule has 1 aliphatic carbocycles. The van der Waals surface area contributed by atoms with Gasteiger partial charge in [0, 0.05) is 22.6 Å². The van der Waals surface area contributed by atoms with Crippen LogP contribution in [0.1, 0.15) is 37.1 Å². The molecule has 3 unspecified atom stereocenters. The van der Waals surface area contributed by atoms with Crippen molar-refractivity contribution in [2.24, 2.45) is 11.8 Å². The van der Waals surface area contributed by atoms with Gasteiger partial charge in [0.2, 0.25) is 5.91 Å². The zero-order valence-corrected chi connectivity index (χ0v) is 16.4. The third-order valence-electron chi connectivity index (χ3n) is 6.26. The molecule has 1 aliphatic heterocycles. The van der Waals surface area contributed by atoms with Crippen LogP contribution in [0.15, 0.2) is 59.5 Å². The van der Waals surface area contributed by atoms with Crippen molar-refractivity contribution in [3.8, 4) is 0 Å². The van der Waals surface area contributed by atoms with E-state index in [0.717, 1.165) is 29.5 Å². The van der Waals surface area contributed by atoms with E-state index in [0.29, 0.717) is 11.9 Å². The van der Waals surface area contributed by atoms with Gasteiger partial charge in [0.15, 0.2) is 0 Å². The van der Waals surface area contributed by atoms with E-state index in [1.807, 2.05) is 37.3 Å². The molecule has 0 saturated carbocycles.